The number of rotatable bonds is 4. The Kier molecular flexibility index (Phi) is 5.33. The first-order chi connectivity index (χ1) is 10.1. The summed E-state index contributed by atoms with van der Waals surface area (Å²) in [6.07, 6.45) is 3.81. The molecule has 1 aliphatic rings. The van der Waals surface area contributed by atoms with E-state index in [0.717, 1.165) is 31.4 Å². The minimum Gasteiger partial charge on any atom is -0.338 e. The fourth-order valence-electron chi connectivity index (χ4n) is 2.78. The number of hydrogen-bond donors (Lipinski definition) is 2. The molecule has 0 aliphatic carbocycles. The van der Waals surface area contributed by atoms with E-state index in [-0.39, 0.29) is 11.8 Å². The van der Waals surface area contributed by atoms with Crippen LogP contribution < -0.4 is 11.3 Å². The van der Waals surface area contributed by atoms with E-state index in [0.29, 0.717) is 24.4 Å². The molecule has 1 heterocycles. The molecule has 1 aromatic carbocycles. The highest BCUT2D eigenvalue weighted by atomic mass is 16.2. The lowest BCUT2D eigenvalue weighted by Crippen LogP contribution is -2.31. The highest BCUT2D eigenvalue weighted by Gasteiger charge is 2.21. The van der Waals surface area contributed by atoms with Crippen molar-refractivity contribution in [1.29, 1.82) is 0 Å². The van der Waals surface area contributed by atoms with Crippen LogP contribution in [-0.2, 0) is 11.3 Å². The topological polar surface area (TPSA) is 75.4 Å². The number of hydrazine groups is 1. The number of likely N-dealkylation sites (tertiary alicyclic amines) is 1. The van der Waals surface area contributed by atoms with Crippen molar-refractivity contribution in [3.05, 3.63) is 35.4 Å². The summed E-state index contributed by atoms with van der Waals surface area (Å²) < 4.78 is 0. The van der Waals surface area contributed by atoms with E-state index in [1.807, 2.05) is 17.0 Å². The second kappa shape index (κ2) is 7.22. The summed E-state index contributed by atoms with van der Waals surface area (Å²) in [5.41, 5.74) is 3.60. The van der Waals surface area contributed by atoms with Crippen LogP contribution in [0.25, 0.3) is 0 Å². The van der Waals surface area contributed by atoms with E-state index in [1.165, 1.54) is 0 Å². The molecule has 2 rings (SSSR count). The molecule has 1 atom stereocenters. The SMILES string of the molecule is CCC1CCC(=O)N(Cc2cccc(C(=O)NN)c2)CC1. The third-order valence-electron chi connectivity index (χ3n) is 4.20. The summed E-state index contributed by atoms with van der Waals surface area (Å²) in [5, 5.41) is 0. The minimum absolute atomic E-state index is 0.208. The van der Waals surface area contributed by atoms with Crippen LogP contribution in [-0.4, -0.2) is 23.3 Å². The molecule has 1 saturated heterocycles. The van der Waals surface area contributed by atoms with Gasteiger partial charge in [-0.1, -0.05) is 25.5 Å². The summed E-state index contributed by atoms with van der Waals surface area (Å²) >= 11 is 0. The number of nitrogen functional groups attached to an aromatic ring is 1. The van der Waals surface area contributed by atoms with Crippen LogP contribution in [0.15, 0.2) is 24.3 Å². The molecule has 21 heavy (non-hydrogen) atoms. The van der Waals surface area contributed by atoms with E-state index in [9.17, 15) is 9.59 Å². The predicted octanol–water partition coefficient (Wildman–Crippen LogP) is 1.83. The lowest BCUT2D eigenvalue weighted by Gasteiger charge is -2.21. The second-order valence-electron chi connectivity index (χ2n) is 5.59. The van der Waals surface area contributed by atoms with Crippen molar-refractivity contribution in [3.8, 4) is 0 Å². The van der Waals surface area contributed by atoms with Crippen molar-refractivity contribution >= 4 is 11.8 Å². The molecule has 0 bridgehead atoms. The molecule has 114 valence electrons. The zero-order valence-corrected chi connectivity index (χ0v) is 12.5. The monoisotopic (exact) mass is 289 g/mol. The van der Waals surface area contributed by atoms with Crippen molar-refractivity contribution < 1.29 is 9.59 Å². The first kappa shape index (κ1) is 15.5. The van der Waals surface area contributed by atoms with Gasteiger partial charge in [0.15, 0.2) is 0 Å². The fourth-order valence-corrected chi connectivity index (χ4v) is 2.78. The number of nitrogens with zero attached hydrogens (tertiary/aromatic N) is 1. The molecule has 1 fully saturated rings. The standard InChI is InChI=1S/C16H23N3O2/c1-2-12-6-7-15(20)19(9-8-12)11-13-4-3-5-14(10-13)16(21)18-17/h3-5,10,12H,2,6-9,11,17H2,1H3,(H,18,21). The van der Waals surface area contributed by atoms with Crippen LogP contribution in [0.4, 0.5) is 0 Å². The summed E-state index contributed by atoms with van der Waals surface area (Å²) in [4.78, 5) is 25.6. The molecule has 2 amide bonds. The van der Waals surface area contributed by atoms with Crippen LogP contribution >= 0.6 is 0 Å². The maximum atomic E-state index is 12.2. The van der Waals surface area contributed by atoms with Gasteiger partial charge in [0, 0.05) is 25.1 Å². The molecular formula is C16H23N3O2. The number of carbonyl (C=O) groups excluding carboxylic acids is 2. The van der Waals surface area contributed by atoms with Crippen molar-refractivity contribution in [2.45, 2.75) is 39.2 Å². The Morgan fingerprint density at radius 2 is 2.24 bits per heavy atom. The van der Waals surface area contributed by atoms with Gasteiger partial charge in [-0.2, -0.15) is 0 Å². The average Bonchev–Trinajstić information content (AvgIpc) is 2.69. The smallest absolute Gasteiger partial charge is 0.265 e. The minimum atomic E-state index is -0.315. The molecule has 0 saturated carbocycles. The second-order valence-corrected chi connectivity index (χ2v) is 5.59. The maximum Gasteiger partial charge on any atom is 0.265 e. The van der Waals surface area contributed by atoms with Crippen LogP contribution in [0, 0.1) is 5.92 Å². The van der Waals surface area contributed by atoms with Gasteiger partial charge in [-0.05, 0) is 36.5 Å². The van der Waals surface area contributed by atoms with Gasteiger partial charge in [0.05, 0.1) is 0 Å². The molecule has 1 unspecified atom stereocenters. The Morgan fingerprint density at radius 3 is 2.95 bits per heavy atom. The lowest BCUT2D eigenvalue weighted by molar-refractivity contribution is -0.131. The summed E-state index contributed by atoms with van der Waals surface area (Å²) in [6, 6.07) is 7.25. The Morgan fingerprint density at radius 1 is 1.43 bits per heavy atom. The summed E-state index contributed by atoms with van der Waals surface area (Å²) in [7, 11) is 0. The maximum absolute atomic E-state index is 12.2. The third-order valence-corrected chi connectivity index (χ3v) is 4.20. The van der Waals surface area contributed by atoms with E-state index in [1.54, 1.807) is 12.1 Å². The predicted molar refractivity (Wildman–Crippen MR) is 81.1 cm³/mol. The molecule has 1 aliphatic heterocycles. The number of amides is 2. The fraction of sp³-hybridized carbons (Fsp3) is 0.500. The lowest BCUT2D eigenvalue weighted by atomic mass is 9.98. The zero-order valence-electron chi connectivity index (χ0n) is 12.5. The van der Waals surface area contributed by atoms with Crippen molar-refractivity contribution in [2.75, 3.05) is 6.54 Å². The number of nitrogens with one attached hydrogen (secondary N) is 1. The van der Waals surface area contributed by atoms with E-state index >= 15 is 0 Å². The molecule has 0 spiro atoms. The van der Waals surface area contributed by atoms with Crippen molar-refractivity contribution in [2.24, 2.45) is 11.8 Å². The Hall–Kier alpha value is -1.88. The van der Waals surface area contributed by atoms with E-state index in [2.05, 4.69) is 12.3 Å². The van der Waals surface area contributed by atoms with Crippen LogP contribution in [0.3, 0.4) is 0 Å². The largest absolute Gasteiger partial charge is 0.338 e. The zero-order chi connectivity index (χ0) is 15.2. The number of nitrogens with two attached hydrogens (primary N) is 1. The van der Waals surface area contributed by atoms with Gasteiger partial charge in [-0.3, -0.25) is 15.0 Å². The van der Waals surface area contributed by atoms with Gasteiger partial charge < -0.3 is 4.90 Å². The number of benzene rings is 1. The highest BCUT2D eigenvalue weighted by molar-refractivity contribution is 5.93. The van der Waals surface area contributed by atoms with Gasteiger partial charge in [0.1, 0.15) is 0 Å². The Balaban J connectivity index is 2.06. The normalized spacial score (nSPS) is 19.2. The highest BCUT2D eigenvalue weighted by Crippen LogP contribution is 2.22. The molecule has 1 aromatic rings. The van der Waals surface area contributed by atoms with Gasteiger partial charge in [-0.15, -0.1) is 0 Å². The third kappa shape index (κ3) is 4.04. The molecule has 5 heteroatoms. The average molecular weight is 289 g/mol. The van der Waals surface area contributed by atoms with Crippen LogP contribution in [0.2, 0.25) is 0 Å². The molecule has 3 N–H and O–H groups in total. The van der Waals surface area contributed by atoms with Crippen molar-refractivity contribution in [1.82, 2.24) is 10.3 Å². The molecule has 0 radical (unpaired) electrons. The van der Waals surface area contributed by atoms with Gasteiger partial charge >= 0.3 is 0 Å². The van der Waals surface area contributed by atoms with E-state index < -0.39 is 0 Å². The molecule has 5 nitrogen and oxygen atoms in total. The van der Waals surface area contributed by atoms with Gasteiger partial charge in [0.25, 0.3) is 5.91 Å². The Bertz CT molecular complexity index is 516. The van der Waals surface area contributed by atoms with Gasteiger partial charge in [0.2, 0.25) is 5.91 Å². The van der Waals surface area contributed by atoms with Crippen molar-refractivity contribution in [3.63, 3.8) is 0 Å². The number of carbonyl (C=O) groups is 2. The Labute approximate surface area is 125 Å². The first-order valence-corrected chi connectivity index (χ1v) is 7.51. The quantitative estimate of drug-likeness (QED) is 0.504. The number of hydrogen-bond acceptors (Lipinski definition) is 3. The van der Waals surface area contributed by atoms with Gasteiger partial charge in [-0.25, -0.2) is 5.84 Å². The summed E-state index contributed by atoms with van der Waals surface area (Å²) in [6.45, 7) is 3.53. The van der Waals surface area contributed by atoms with Crippen LogP contribution in [0.1, 0.15) is 48.5 Å². The van der Waals surface area contributed by atoms with E-state index in [4.69, 9.17) is 5.84 Å². The molecule has 0 aromatic heterocycles. The summed E-state index contributed by atoms with van der Waals surface area (Å²) in [5.74, 6) is 5.69. The molecular weight excluding hydrogens is 266 g/mol. The first-order valence-electron chi connectivity index (χ1n) is 7.51. The van der Waals surface area contributed by atoms with Crippen LogP contribution in [0.5, 0.6) is 0 Å².